The molecule has 102 valence electrons. The highest BCUT2D eigenvalue weighted by Crippen LogP contribution is 2.28. The van der Waals surface area contributed by atoms with Crippen LogP contribution in [0.4, 0.5) is 5.69 Å². The number of hydrogen-bond acceptors (Lipinski definition) is 3. The van der Waals surface area contributed by atoms with Crippen LogP contribution in [0.2, 0.25) is 0 Å². The van der Waals surface area contributed by atoms with E-state index in [0.717, 1.165) is 41.1 Å². The number of nitrogens with zero attached hydrogens (tertiary/aromatic N) is 1. The normalized spacial score (nSPS) is 14.3. The Bertz CT molecular complexity index is 511. The largest absolute Gasteiger partial charge is 0.398 e. The fourth-order valence-corrected chi connectivity index (χ4v) is 3.10. The van der Waals surface area contributed by atoms with E-state index in [2.05, 4.69) is 6.08 Å². The molecule has 0 saturated heterocycles. The van der Waals surface area contributed by atoms with Gasteiger partial charge >= 0.3 is 0 Å². The molecule has 0 radical (unpaired) electrons. The van der Waals surface area contributed by atoms with Gasteiger partial charge in [0.05, 0.1) is 5.75 Å². The summed E-state index contributed by atoms with van der Waals surface area (Å²) in [5.41, 5.74) is 9.01. The summed E-state index contributed by atoms with van der Waals surface area (Å²) in [7, 11) is 1.86. The first-order valence-electron chi connectivity index (χ1n) is 6.53. The lowest BCUT2D eigenvalue weighted by Gasteiger charge is -2.18. The highest BCUT2D eigenvalue weighted by molar-refractivity contribution is 8.00. The van der Waals surface area contributed by atoms with E-state index in [1.165, 1.54) is 11.8 Å². The van der Waals surface area contributed by atoms with E-state index >= 15 is 0 Å². The summed E-state index contributed by atoms with van der Waals surface area (Å²) in [5.74, 6) is 0.570. The van der Waals surface area contributed by atoms with Gasteiger partial charge in [-0.25, -0.2) is 0 Å². The van der Waals surface area contributed by atoms with Crippen molar-refractivity contribution in [1.82, 2.24) is 4.90 Å². The van der Waals surface area contributed by atoms with Crippen LogP contribution in [0.1, 0.15) is 24.8 Å². The predicted molar refractivity (Wildman–Crippen MR) is 81.0 cm³/mol. The summed E-state index contributed by atoms with van der Waals surface area (Å²) in [4.78, 5) is 14.9. The Morgan fingerprint density at radius 1 is 1.47 bits per heavy atom. The van der Waals surface area contributed by atoms with E-state index in [1.54, 1.807) is 4.90 Å². The van der Waals surface area contributed by atoms with Gasteiger partial charge in [-0.05, 0) is 37.8 Å². The molecule has 0 aromatic heterocycles. The van der Waals surface area contributed by atoms with Crippen molar-refractivity contribution in [1.29, 1.82) is 0 Å². The Labute approximate surface area is 118 Å². The standard InChI is InChI=1S/C15H20N2OS/c1-11-6-5-9-13(15(11)16)19-10-14(18)17(2)12-7-3-4-8-12/h5-7,9H,3-4,8,10,16H2,1-2H3. The van der Waals surface area contributed by atoms with E-state index in [4.69, 9.17) is 5.73 Å². The van der Waals surface area contributed by atoms with Crippen molar-refractivity contribution in [3.8, 4) is 0 Å². The van der Waals surface area contributed by atoms with Crippen LogP contribution in [-0.2, 0) is 4.79 Å². The number of carbonyl (C=O) groups is 1. The highest BCUT2D eigenvalue weighted by atomic mass is 32.2. The molecular weight excluding hydrogens is 256 g/mol. The molecule has 0 saturated carbocycles. The summed E-state index contributed by atoms with van der Waals surface area (Å²) < 4.78 is 0. The number of nitrogen functional groups attached to an aromatic ring is 1. The Morgan fingerprint density at radius 3 is 2.95 bits per heavy atom. The van der Waals surface area contributed by atoms with Crippen LogP contribution in [0.5, 0.6) is 0 Å². The second-order valence-corrected chi connectivity index (χ2v) is 5.83. The molecule has 3 nitrogen and oxygen atoms in total. The fraction of sp³-hybridized carbons (Fsp3) is 0.400. The third-order valence-corrected chi connectivity index (χ3v) is 4.52. The predicted octanol–water partition coefficient (Wildman–Crippen LogP) is 3.20. The van der Waals surface area contributed by atoms with Gasteiger partial charge in [0.2, 0.25) is 5.91 Å². The molecule has 2 rings (SSSR count). The SMILES string of the molecule is Cc1cccc(SCC(=O)N(C)C2=CCCC2)c1N. The van der Waals surface area contributed by atoms with Crippen LogP contribution in [0.25, 0.3) is 0 Å². The molecule has 1 amide bonds. The van der Waals surface area contributed by atoms with Gasteiger partial charge < -0.3 is 10.6 Å². The molecular formula is C15H20N2OS. The van der Waals surface area contributed by atoms with E-state index in [0.29, 0.717) is 5.75 Å². The zero-order chi connectivity index (χ0) is 13.8. The summed E-state index contributed by atoms with van der Waals surface area (Å²) >= 11 is 1.51. The number of anilines is 1. The molecule has 1 aromatic rings. The molecule has 4 heteroatoms. The Balaban J connectivity index is 1.95. The highest BCUT2D eigenvalue weighted by Gasteiger charge is 2.16. The van der Waals surface area contributed by atoms with Crippen molar-refractivity contribution in [3.05, 3.63) is 35.5 Å². The minimum Gasteiger partial charge on any atom is -0.398 e. The number of allylic oxidation sites excluding steroid dienone is 2. The maximum atomic E-state index is 12.1. The van der Waals surface area contributed by atoms with Gasteiger partial charge in [0.25, 0.3) is 0 Å². The van der Waals surface area contributed by atoms with Crippen LogP contribution >= 0.6 is 11.8 Å². The molecule has 0 atom stereocenters. The van der Waals surface area contributed by atoms with Crippen molar-refractivity contribution in [3.63, 3.8) is 0 Å². The molecule has 1 aromatic carbocycles. The van der Waals surface area contributed by atoms with Crippen molar-refractivity contribution in [2.45, 2.75) is 31.1 Å². The van der Waals surface area contributed by atoms with Gasteiger partial charge in [-0.3, -0.25) is 4.79 Å². The van der Waals surface area contributed by atoms with Crippen LogP contribution in [0.15, 0.2) is 34.9 Å². The first-order chi connectivity index (χ1) is 9.09. The number of amides is 1. The number of hydrogen-bond donors (Lipinski definition) is 1. The van der Waals surface area contributed by atoms with E-state index in [-0.39, 0.29) is 5.91 Å². The Kier molecular flexibility index (Phi) is 4.53. The fourth-order valence-electron chi connectivity index (χ4n) is 2.13. The van der Waals surface area contributed by atoms with Crippen LogP contribution < -0.4 is 5.73 Å². The van der Waals surface area contributed by atoms with Gasteiger partial charge in [-0.15, -0.1) is 11.8 Å². The smallest absolute Gasteiger partial charge is 0.236 e. The number of carbonyl (C=O) groups excluding carboxylic acids is 1. The zero-order valence-corrected chi connectivity index (χ0v) is 12.3. The average molecular weight is 276 g/mol. The topological polar surface area (TPSA) is 46.3 Å². The maximum Gasteiger partial charge on any atom is 0.236 e. The minimum absolute atomic E-state index is 0.138. The van der Waals surface area contributed by atoms with Crippen LogP contribution in [0, 0.1) is 6.92 Å². The molecule has 1 aliphatic carbocycles. The average Bonchev–Trinajstić information content (AvgIpc) is 2.93. The Morgan fingerprint density at radius 2 is 2.26 bits per heavy atom. The van der Waals surface area contributed by atoms with Gasteiger partial charge in [-0.2, -0.15) is 0 Å². The zero-order valence-electron chi connectivity index (χ0n) is 11.5. The van der Waals surface area contributed by atoms with Crippen molar-refractivity contribution >= 4 is 23.4 Å². The summed E-state index contributed by atoms with van der Waals surface area (Å²) in [6.07, 6.45) is 5.42. The third kappa shape index (κ3) is 3.32. The Hall–Kier alpha value is -1.42. The molecule has 2 N–H and O–H groups in total. The summed E-state index contributed by atoms with van der Waals surface area (Å²) in [6, 6.07) is 5.92. The molecule has 0 unspecified atom stereocenters. The van der Waals surface area contributed by atoms with Gasteiger partial charge in [-0.1, -0.05) is 18.2 Å². The summed E-state index contributed by atoms with van der Waals surface area (Å²) in [6.45, 7) is 1.98. The molecule has 0 bridgehead atoms. The quantitative estimate of drug-likeness (QED) is 0.678. The molecule has 1 aliphatic rings. The molecule has 0 heterocycles. The van der Waals surface area contributed by atoms with E-state index in [1.807, 2.05) is 32.2 Å². The molecule has 0 spiro atoms. The maximum absolute atomic E-state index is 12.1. The molecule has 0 aliphatic heterocycles. The first-order valence-corrected chi connectivity index (χ1v) is 7.51. The van der Waals surface area contributed by atoms with E-state index in [9.17, 15) is 4.79 Å². The van der Waals surface area contributed by atoms with Crippen molar-refractivity contribution in [2.75, 3.05) is 18.5 Å². The number of para-hydroxylation sites is 1. The number of benzene rings is 1. The second kappa shape index (κ2) is 6.15. The number of thioether (sulfide) groups is 1. The first kappa shape index (κ1) is 14.0. The van der Waals surface area contributed by atoms with Crippen molar-refractivity contribution in [2.24, 2.45) is 0 Å². The van der Waals surface area contributed by atoms with Gasteiger partial charge in [0.15, 0.2) is 0 Å². The second-order valence-electron chi connectivity index (χ2n) is 4.82. The molecule has 0 fully saturated rings. The monoisotopic (exact) mass is 276 g/mol. The third-order valence-electron chi connectivity index (χ3n) is 3.46. The van der Waals surface area contributed by atoms with Crippen LogP contribution in [0.3, 0.4) is 0 Å². The summed E-state index contributed by atoms with van der Waals surface area (Å²) in [5, 5.41) is 0. The van der Waals surface area contributed by atoms with Gasteiger partial charge in [0.1, 0.15) is 0 Å². The lowest BCUT2D eigenvalue weighted by atomic mass is 10.2. The van der Waals surface area contributed by atoms with Crippen LogP contribution in [-0.4, -0.2) is 23.6 Å². The van der Waals surface area contributed by atoms with Crippen molar-refractivity contribution < 1.29 is 4.79 Å². The van der Waals surface area contributed by atoms with E-state index < -0.39 is 0 Å². The molecule has 19 heavy (non-hydrogen) atoms. The van der Waals surface area contributed by atoms with Gasteiger partial charge in [0, 0.05) is 23.3 Å². The lowest BCUT2D eigenvalue weighted by Crippen LogP contribution is -2.27. The number of rotatable bonds is 4. The lowest BCUT2D eigenvalue weighted by molar-refractivity contribution is -0.125. The number of aryl methyl sites for hydroxylation is 1. The number of nitrogens with two attached hydrogens (primary N) is 1. The minimum atomic E-state index is 0.138.